The van der Waals surface area contributed by atoms with Gasteiger partial charge in [0, 0.05) is 43.5 Å². The van der Waals surface area contributed by atoms with Crippen molar-refractivity contribution in [3.8, 4) is 11.5 Å². The van der Waals surface area contributed by atoms with Gasteiger partial charge in [-0.2, -0.15) is 10.2 Å². The van der Waals surface area contributed by atoms with Crippen molar-refractivity contribution in [2.45, 2.75) is 38.1 Å². The van der Waals surface area contributed by atoms with E-state index in [9.17, 15) is 4.79 Å². The number of nitrogens with zero attached hydrogens (tertiary/aromatic N) is 4. The predicted octanol–water partition coefficient (Wildman–Crippen LogP) is 2.63. The highest BCUT2D eigenvalue weighted by Crippen LogP contribution is 2.36. The average Bonchev–Trinajstić information content (AvgIpc) is 2.72. The summed E-state index contributed by atoms with van der Waals surface area (Å²) in [5.41, 5.74) is 1.85. The Morgan fingerprint density at radius 3 is 2.48 bits per heavy atom. The molecule has 0 unspecified atom stereocenters. The number of fused-ring (bicyclic) bond motifs is 1. The molecule has 2 saturated heterocycles. The summed E-state index contributed by atoms with van der Waals surface area (Å²) in [6, 6.07) is 4.20. The van der Waals surface area contributed by atoms with Gasteiger partial charge in [0.15, 0.2) is 11.5 Å². The third-order valence-electron chi connectivity index (χ3n) is 5.73. The Bertz CT molecular complexity index is 833. The zero-order chi connectivity index (χ0) is 18.8. The van der Waals surface area contributed by atoms with Crippen molar-refractivity contribution in [1.82, 2.24) is 15.1 Å². The molecule has 0 radical (unpaired) electrons. The molecule has 0 bridgehead atoms. The van der Waals surface area contributed by atoms with Gasteiger partial charge in [-0.15, -0.1) is 0 Å². The topological polar surface area (TPSA) is 67.8 Å². The molecule has 3 heterocycles. The number of hydrogen-bond donors (Lipinski definition) is 0. The molecule has 0 atom stereocenters. The quantitative estimate of drug-likeness (QED) is 0.824. The van der Waals surface area contributed by atoms with Gasteiger partial charge in [-0.25, -0.2) is 0 Å². The Balaban J connectivity index is 1.56. The first-order valence-electron chi connectivity index (χ1n) is 9.63. The van der Waals surface area contributed by atoms with Gasteiger partial charge in [0.25, 0.3) is 0 Å². The van der Waals surface area contributed by atoms with Gasteiger partial charge in [0.2, 0.25) is 5.91 Å². The van der Waals surface area contributed by atoms with E-state index < -0.39 is 0 Å². The standard InChI is InChI=1S/C20H26N4O3/c1-26-18-11-15-16(12-19(18)27-2)22-21-13-17(15)23-9-6-14(7-10-23)24-8-4-3-5-20(24)25/h11-14H,3-10H2,1-2H3. The van der Waals surface area contributed by atoms with E-state index in [0.29, 0.717) is 29.9 Å². The summed E-state index contributed by atoms with van der Waals surface area (Å²) in [7, 11) is 3.26. The first-order chi connectivity index (χ1) is 13.2. The second kappa shape index (κ2) is 7.58. The Morgan fingerprint density at radius 1 is 1.04 bits per heavy atom. The SMILES string of the molecule is COc1cc2nncc(N3CCC(N4CCCCC4=O)CC3)c2cc1OC. The molecule has 2 aliphatic rings. The number of piperidine rings is 2. The van der Waals surface area contributed by atoms with Crippen LogP contribution in [-0.2, 0) is 4.79 Å². The summed E-state index contributed by atoms with van der Waals surface area (Å²) < 4.78 is 10.8. The number of carbonyl (C=O) groups excluding carboxylic acids is 1. The maximum atomic E-state index is 12.2. The fourth-order valence-electron chi connectivity index (χ4n) is 4.25. The van der Waals surface area contributed by atoms with Crippen LogP contribution in [0.5, 0.6) is 11.5 Å². The molecular weight excluding hydrogens is 344 g/mol. The van der Waals surface area contributed by atoms with Crippen molar-refractivity contribution < 1.29 is 14.3 Å². The highest BCUT2D eigenvalue weighted by molar-refractivity contribution is 5.93. The van der Waals surface area contributed by atoms with E-state index in [1.54, 1.807) is 14.2 Å². The van der Waals surface area contributed by atoms with Crippen LogP contribution in [0.25, 0.3) is 10.9 Å². The number of hydrogen-bond acceptors (Lipinski definition) is 6. The minimum Gasteiger partial charge on any atom is -0.493 e. The number of ether oxygens (including phenoxy) is 2. The molecule has 144 valence electrons. The van der Waals surface area contributed by atoms with Gasteiger partial charge in [-0.05, 0) is 31.7 Å². The van der Waals surface area contributed by atoms with Crippen LogP contribution in [-0.4, -0.2) is 60.9 Å². The van der Waals surface area contributed by atoms with Gasteiger partial charge < -0.3 is 19.3 Å². The molecule has 4 rings (SSSR count). The van der Waals surface area contributed by atoms with Crippen LogP contribution in [0.4, 0.5) is 5.69 Å². The number of aromatic nitrogens is 2. The molecular formula is C20H26N4O3. The average molecular weight is 370 g/mol. The van der Waals surface area contributed by atoms with E-state index >= 15 is 0 Å². The summed E-state index contributed by atoms with van der Waals surface area (Å²) in [5, 5.41) is 9.45. The number of amides is 1. The lowest BCUT2D eigenvalue weighted by Gasteiger charge is -2.41. The molecule has 1 amide bonds. The fraction of sp³-hybridized carbons (Fsp3) is 0.550. The number of benzene rings is 1. The van der Waals surface area contributed by atoms with Crippen LogP contribution in [0.3, 0.4) is 0 Å². The maximum Gasteiger partial charge on any atom is 0.222 e. The minimum absolute atomic E-state index is 0.326. The zero-order valence-corrected chi connectivity index (χ0v) is 16.0. The Morgan fingerprint density at radius 2 is 1.78 bits per heavy atom. The molecule has 1 aromatic carbocycles. The van der Waals surface area contributed by atoms with E-state index in [2.05, 4.69) is 20.0 Å². The molecule has 0 N–H and O–H groups in total. The fourth-order valence-corrected chi connectivity index (χ4v) is 4.25. The first kappa shape index (κ1) is 17.8. The van der Waals surface area contributed by atoms with Gasteiger partial charge in [0.1, 0.15) is 0 Å². The normalized spacial score (nSPS) is 18.8. The van der Waals surface area contributed by atoms with Gasteiger partial charge in [-0.3, -0.25) is 4.79 Å². The van der Waals surface area contributed by atoms with Gasteiger partial charge >= 0.3 is 0 Å². The zero-order valence-electron chi connectivity index (χ0n) is 16.0. The van der Waals surface area contributed by atoms with E-state index in [4.69, 9.17) is 9.47 Å². The number of rotatable bonds is 4. The number of carbonyl (C=O) groups is 1. The molecule has 7 heteroatoms. The molecule has 0 aliphatic carbocycles. The van der Waals surface area contributed by atoms with Crippen molar-refractivity contribution in [1.29, 1.82) is 0 Å². The monoisotopic (exact) mass is 370 g/mol. The van der Waals surface area contributed by atoms with Crippen LogP contribution in [0.1, 0.15) is 32.1 Å². The van der Waals surface area contributed by atoms with Crippen LogP contribution in [0.15, 0.2) is 18.3 Å². The summed E-state index contributed by atoms with van der Waals surface area (Å²) in [5.74, 6) is 1.67. The van der Waals surface area contributed by atoms with Crippen LogP contribution >= 0.6 is 0 Å². The van der Waals surface area contributed by atoms with Crippen molar-refractivity contribution in [2.24, 2.45) is 0 Å². The molecule has 1 aromatic heterocycles. The molecule has 0 spiro atoms. The summed E-state index contributed by atoms with van der Waals surface area (Å²) in [6.45, 7) is 2.73. The van der Waals surface area contributed by atoms with E-state index in [1.165, 1.54) is 0 Å². The first-order valence-corrected chi connectivity index (χ1v) is 9.63. The van der Waals surface area contributed by atoms with Crippen LogP contribution in [0, 0.1) is 0 Å². The predicted molar refractivity (Wildman–Crippen MR) is 103 cm³/mol. The molecule has 2 fully saturated rings. The summed E-state index contributed by atoms with van der Waals surface area (Å²) in [6.07, 6.45) is 6.67. The van der Waals surface area contributed by atoms with Crippen LogP contribution in [0.2, 0.25) is 0 Å². The number of anilines is 1. The van der Waals surface area contributed by atoms with Crippen LogP contribution < -0.4 is 14.4 Å². The summed E-state index contributed by atoms with van der Waals surface area (Å²) >= 11 is 0. The largest absolute Gasteiger partial charge is 0.493 e. The Kier molecular flexibility index (Phi) is 5.01. The van der Waals surface area contributed by atoms with E-state index in [0.717, 1.165) is 61.9 Å². The minimum atomic E-state index is 0.326. The van der Waals surface area contributed by atoms with E-state index in [-0.39, 0.29) is 0 Å². The smallest absolute Gasteiger partial charge is 0.222 e. The molecule has 2 aliphatic heterocycles. The molecule has 2 aromatic rings. The number of methoxy groups -OCH3 is 2. The summed E-state index contributed by atoms with van der Waals surface area (Å²) in [4.78, 5) is 16.7. The third-order valence-corrected chi connectivity index (χ3v) is 5.73. The van der Waals surface area contributed by atoms with Crippen molar-refractivity contribution in [3.63, 3.8) is 0 Å². The highest BCUT2D eigenvalue weighted by Gasteiger charge is 2.30. The van der Waals surface area contributed by atoms with Crippen molar-refractivity contribution in [3.05, 3.63) is 18.3 Å². The lowest BCUT2D eigenvalue weighted by Crippen LogP contribution is -2.49. The Hall–Kier alpha value is -2.57. The van der Waals surface area contributed by atoms with E-state index in [1.807, 2.05) is 18.3 Å². The van der Waals surface area contributed by atoms with Crippen molar-refractivity contribution in [2.75, 3.05) is 38.8 Å². The van der Waals surface area contributed by atoms with Gasteiger partial charge in [0.05, 0.1) is 31.6 Å². The lowest BCUT2D eigenvalue weighted by atomic mass is 9.99. The molecule has 0 saturated carbocycles. The lowest BCUT2D eigenvalue weighted by molar-refractivity contribution is -0.136. The van der Waals surface area contributed by atoms with Gasteiger partial charge in [-0.1, -0.05) is 0 Å². The highest BCUT2D eigenvalue weighted by atomic mass is 16.5. The molecule has 7 nitrogen and oxygen atoms in total. The molecule has 27 heavy (non-hydrogen) atoms. The second-order valence-electron chi connectivity index (χ2n) is 7.22. The number of likely N-dealkylation sites (tertiary alicyclic amines) is 1. The third kappa shape index (κ3) is 3.38. The van der Waals surface area contributed by atoms with Crippen molar-refractivity contribution >= 4 is 22.5 Å². The second-order valence-corrected chi connectivity index (χ2v) is 7.22. The maximum absolute atomic E-state index is 12.2. The Labute approximate surface area is 159 Å².